The first-order chi connectivity index (χ1) is 5.16. The molecular formula is C8H16INO. The molecule has 0 unspecified atom stereocenters. The van der Waals surface area contributed by atoms with Gasteiger partial charge in [-0.2, -0.15) is 0 Å². The fraction of sp³-hybridized carbons (Fsp3) is 0.875. The Morgan fingerprint density at radius 3 is 2.73 bits per heavy atom. The van der Waals surface area contributed by atoms with Gasteiger partial charge in [0.1, 0.15) is 0 Å². The summed E-state index contributed by atoms with van der Waals surface area (Å²) in [6.45, 7) is 4.56. The summed E-state index contributed by atoms with van der Waals surface area (Å²) in [7, 11) is 0. The fourth-order valence-corrected chi connectivity index (χ4v) is 1.44. The summed E-state index contributed by atoms with van der Waals surface area (Å²) in [5.74, 6) is 0.0724. The van der Waals surface area contributed by atoms with Crippen LogP contribution in [-0.4, -0.2) is 16.4 Å². The van der Waals surface area contributed by atoms with Crippen molar-refractivity contribution < 1.29 is 4.79 Å². The minimum absolute atomic E-state index is 0.0724. The van der Waals surface area contributed by atoms with Gasteiger partial charge >= 0.3 is 0 Å². The van der Waals surface area contributed by atoms with E-state index in [0.717, 1.165) is 6.54 Å². The maximum atomic E-state index is 10.5. The molecule has 0 fully saturated rings. The van der Waals surface area contributed by atoms with Crippen molar-refractivity contribution in [2.75, 3.05) is 6.54 Å². The highest BCUT2D eigenvalue weighted by molar-refractivity contribution is 14.1. The van der Waals surface area contributed by atoms with E-state index in [4.69, 9.17) is 0 Å². The van der Waals surface area contributed by atoms with Gasteiger partial charge in [0.15, 0.2) is 0 Å². The zero-order valence-corrected chi connectivity index (χ0v) is 9.35. The van der Waals surface area contributed by atoms with Crippen molar-refractivity contribution in [3.63, 3.8) is 0 Å². The van der Waals surface area contributed by atoms with Crippen molar-refractivity contribution in [2.45, 2.75) is 37.0 Å². The summed E-state index contributed by atoms with van der Waals surface area (Å²) >= 11 is 2.38. The van der Waals surface area contributed by atoms with Crippen LogP contribution in [0.2, 0.25) is 0 Å². The SMILES string of the molecule is CCCC[C@@H](I)CNC(C)=O. The second-order valence-corrected chi connectivity index (χ2v) is 4.44. The summed E-state index contributed by atoms with van der Waals surface area (Å²) in [5.41, 5.74) is 0. The third kappa shape index (κ3) is 8.10. The molecule has 0 aromatic rings. The number of hydrogen-bond acceptors (Lipinski definition) is 1. The van der Waals surface area contributed by atoms with E-state index < -0.39 is 0 Å². The number of alkyl halides is 1. The van der Waals surface area contributed by atoms with Crippen molar-refractivity contribution in [1.29, 1.82) is 0 Å². The average molecular weight is 269 g/mol. The maximum Gasteiger partial charge on any atom is 0.216 e. The van der Waals surface area contributed by atoms with E-state index in [1.807, 2.05) is 0 Å². The molecule has 0 heterocycles. The lowest BCUT2D eigenvalue weighted by atomic mass is 10.2. The van der Waals surface area contributed by atoms with Crippen molar-refractivity contribution in [2.24, 2.45) is 0 Å². The molecule has 0 aromatic carbocycles. The van der Waals surface area contributed by atoms with Crippen LogP contribution < -0.4 is 5.32 Å². The molecule has 0 bridgehead atoms. The lowest BCUT2D eigenvalue weighted by Gasteiger charge is -2.08. The number of carbonyl (C=O) groups is 1. The van der Waals surface area contributed by atoms with Crippen LogP contribution in [0.3, 0.4) is 0 Å². The van der Waals surface area contributed by atoms with E-state index in [9.17, 15) is 4.79 Å². The molecule has 0 saturated carbocycles. The minimum Gasteiger partial charge on any atom is -0.355 e. The number of hydrogen-bond donors (Lipinski definition) is 1. The van der Waals surface area contributed by atoms with Gasteiger partial charge in [-0.25, -0.2) is 0 Å². The Labute approximate surface area is 82.3 Å². The number of halogens is 1. The van der Waals surface area contributed by atoms with Crippen LogP contribution in [0.4, 0.5) is 0 Å². The number of unbranched alkanes of at least 4 members (excludes halogenated alkanes) is 1. The number of amides is 1. The third-order valence-electron chi connectivity index (χ3n) is 1.44. The van der Waals surface area contributed by atoms with Crippen molar-refractivity contribution in [1.82, 2.24) is 5.32 Å². The highest BCUT2D eigenvalue weighted by Crippen LogP contribution is 2.08. The van der Waals surface area contributed by atoms with Gasteiger partial charge in [0.2, 0.25) is 5.91 Å². The Morgan fingerprint density at radius 2 is 2.27 bits per heavy atom. The molecule has 0 aliphatic heterocycles. The highest BCUT2D eigenvalue weighted by Gasteiger charge is 2.02. The summed E-state index contributed by atoms with van der Waals surface area (Å²) in [6, 6.07) is 0. The van der Waals surface area contributed by atoms with Crippen LogP contribution in [-0.2, 0) is 4.79 Å². The second kappa shape index (κ2) is 6.88. The fourth-order valence-electron chi connectivity index (χ4n) is 0.782. The van der Waals surface area contributed by atoms with Crippen LogP contribution in [0.1, 0.15) is 33.1 Å². The monoisotopic (exact) mass is 269 g/mol. The third-order valence-corrected chi connectivity index (χ3v) is 2.51. The summed E-state index contributed by atoms with van der Waals surface area (Å²) in [5, 5.41) is 2.81. The van der Waals surface area contributed by atoms with Gasteiger partial charge < -0.3 is 5.32 Å². The highest BCUT2D eigenvalue weighted by atomic mass is 127. The molecule has 0 rings (SSSR count). The zero-order chi connectivity index (χ0) is 8.69. The second-order valence-electron chi connectivity index (χ2n) is 2.68. The normalized spacial score (nSPS) is 12.6. The lowest BCUT2D eigenvalue weighted by Crippen LogP contribution is -2.26. The number of nitrogens with one attached hydrogen (secondary N) is 1. The van der Waals surface area contributed by atoms with Crippen LogP contribution in [0.15, 0.2) is 0 Å². The molecule has 66 valence electrons. The van der Waals surface area contributed by atoms with Crippen molar-refractivity contribution in [3.8, 4) is 0 Å². The number of carbonyl (C=O) groups excluding carboxylic acids is 1. The Balaban J connectivity index is 3.22. The van der Waals surface area contributed by atoms with Crippen LogP contribution in [0.25, 0.3) is 0 Å². The molecule has 3 heteroatoms. The largest absolute Gasteiger partial charge is 0.355 e. The Kier molecular flexibility index (Phi) is 7.01. The molecule has 1 N–H and O–H groups in total. The molecule has 0 aliphatic rings. The molecule has 0 saturated heterocycles. The van der Waals surface area contributed by atoms with Crippen LogP contribution >= 0.6 is 22.6 Å². The van der Waals surface area contributed by atoms with Gasteiger partial charge in [-0.15, -0.1) is 0 Å². The molecule has 2 nitrogen and oxygen atoms in total. The smallest absolute Gasteiger partial charge is 0.216 e. The van der Waals surface area contributed by atoms with Gasteiger partial charge in [0, 0.05) is 17.4 Å². The molecule has 0 spiro atoms. The first-order valence-corrected chi connectivity index (χ1v) is 5.30. The predicted molar refractivity (Wildman–Crippen MR) is 56.0 cm³/mol. The van der Waals surface area contributed by atoms with E-state index in [1.165, 1.54) is 19.3 Å². The topological polar surface area (TPSA) is 29.1 Å². The first-order valence-electron chi connectivity index (χ1n) is 4.05. The zero-order valence-electron chi connectivity index (χ0n) is 7.19. The van der Waals surface area contributed by atoms with Gasteiger partial charge in [-0.3, -0.25) is 4.79 Å². The molecule has 11 heavy (non-hydrogen) atoms. The van der Waals surface area contributed by atoms with Gasteiger partial charge in [-0.05, 0) is 6.42 Å². The van der Waals surface area contributed by atoms with E-state index in [1.54, 1.807) is 6.92 Å². The van der Waals surface area contributed by atoms with E-state index in [-0.39, 0.29) is 5.91 Å². The summed E-state index contributed by atoms with van der Waals surface area (Å²) in [4.78, 5) is 10.5. The maximum absolute atomic E-state index is 10.5. The minimum atomic E-state index is 0.0724. The van der Waals surface area contributed by atoms with Crippen LogP contribution in [0.5, 0.6) is 0 Å². The molecule has 1 amide bonds. The molecule has 0 radical (unpaired) electrons. The van der Waals surface area contributed by atoms with Gasteiger partial charge in [0.05, 0.1) is 0 Å². The molecule has 0 aromatic heterocycles. The summed E-state index contributed by atoms with van der Waals surface area (Å²) < 4.78 is 0.594. The quantitative estimate of drug-likeness (QED) is 0.601. The number of rotatable bonds is 5. The molecular weight excluding hydrogens is 253 g/mol. The standard InChI is InChI=1S/C8H16INO/c1-3-4-5-8(9)6-10-7(2)11/h8H,3-6H2,1-2H3,(H,10,11)/t8-/m1/s1. The van der Waals surface area contributed by atoms with Crippen LogP contribution in [0, 0.1) is 0 Å². The van der Waals surface area contributed by atoms with Gasteiger partial charge in [-0.1, -0.05) is 42.4 Å². The van der Waals surface area contributed by atoms with Crippen molar-refractivity contribution in [3.05, 3.63) is 0 Å². The average Bonchev–Trinajstić information content (AvgIpc) is 1.97. The van der Waals surface area contributed by atoms with Gasteiger partial charge in [0.25, 0.3) is 0 Å². The summed E-state index contributed by atoms with van der Waals surface area (Å²) in [6.07, 6.45) is 3.70. The Bertz CT molecular complexity index is 117. The van der Waals surface area contributed by atoms with Crippen molar-refractivity contribution >= 4 is 28.5 Å². The van der Waals surface area contributed by atoms with E-state index >= 15 is 0 Å². The molecule has 1 atom stereocenters. The van der Waals surface area contributed by atoms with E-state index in [0.29, 0.717) is 3.92 Å². The first kappa shape index (κ1) is 11.2. The predicted octanol–water partition coefficient (Wildman–Crippen LogP) is 2.12. The Morgan fingerprint density at radius 1 is 1.64 bits per heavy atom. The molecule has 0 aliphatic carbocycles. The van der Waals surface area contributed by atoms with E-state index in [2.05, 4.69) is 34.8 Å². The lowest BCUT2D eigenvalue weighted by molar-refractivity contribution is -0.118. The Hall–Kier alpha value is 0.200.